The maximum atomic E-state index is 14.3. The quantitative estimate of drug-likeness (QED) is 0.0494. The second-order valence-corrected chi connectivity index (χ2v) is 20.4. The minimum Gasteiger partial charge on any atom is -0.481 e. The molecule has 7 aliphatic rings. The molecule has 2 aliphatic heterocycles. The number of carboxylic acid groups (broad SMARTS) is 2. The van der Waals surface area contributed by atoms with E-state index in [1.807, 2.05) is 6.92 Å². The van der Waals surface area contributed by atoms with Gasteiger partial charge in [0.15, 0.2) is 0 Å². The summed E-state index contributed by atoms with van der Waals surface area (Å²) >= 11 is 0. The Labute approximate surface area is 346 Å². The number of ether oxygens (including phenoxy) is 2. The Kier molecular flexibility index (Phi) is 14.0. The van der Waals surface area contributed by atoms with Gasteiger partial charge in [-0.1, -0.05) is 104 Å². The van der Waals surface area contributed by atoms with Crippen molar-refractivity contribution >= 4 is 35.8 Å². The third-order valence-electron chi connectivity index (χ3n) is 17.1. The second kappa shape index (κ2) is 18.3. The monoisotopic (exact) mass is 809 g/mol. The van der Waals surface area contributed by atoms with Crippen molar-refractivity contribution in [2.45, 2.75) is 169 Å². The molecule has 2 saturated heterocycles. The van der Waals surface area contributed by atoms with Crippen LogP contribution in [0.5, 0.6) is 0 Å². The van der Waals surface area contributed by atoms with E-state index in [1.165, 1.54) is 0 Å². The van der Waals surface area contributed by atoms with Crippen molar-refractivity contribution in [1.29, 1.82) is 0 Å². The Balaban J connectivity index is 1.37. The predicted octanol–water partition coefficient (Wildman–Crippen LogP) is 9.96. The van der Waals surface area contributed by atoms with Gasteiger partial charge in [-0.05, 0) is 123 Å². The molecule has 2 heterocycles. The van der Waals surface area contributed by atoms with Gasteiger partial charge in [0.05, 0.1) is 29.6 Å². The number of cyclic esters (lactones) is 4. The molecule has 13 atom stereocenters. The van der Waals surface area contributed by atoms with Gasteiger partial charge < -0.3 is 19.7 Å². The number of carboxylic acids is 2. The number of carbonyl (C=O) groups is 6. The van der Waals surface area contributed by atoms with Gasteiger partial charge in [0, 0.05) is 6.42 Å². The Morgan fingerprint density at radius 3 is 2.17 bits per heavy atom. The van der Waals surface area contributed by atoms with Crippen LogP contribution < -0.4 is 0 Å². The van der Waals surface area contributed by atoms with Crippen LogP contribution in [0.15, 0.2) is 12.2 Å². The lowest BCUT2D eigenvalue weighted by Gasteiger charge is -2.74. The normalized spacial score (nSPS) is 37.7. The Bertz CT molecular complexity index is 1580. The number of fused-ring (bicyclic) bond motifs is 2. The summed E-state index contributed by atoms with van der Waals surface area (Å²) in [7, 11) is 0. The average Bonchev–Trinajstić information content (AvgIpc) is 3.68. The van der Waals surface area contributed by atoms with Gasteiger partial charge >= 0.3 is 35.8 Å². The topological polar surface area (TPSA) is 161 Å². The predicted molar refractivity (Wildman–Crippen MR) is 218 cm³/mol. The van der Waals surface area contributed by atoms with Crippen molar-refractivity contribution in [3.63, 3.8) is 0 Å². The van der Waals surface area contributed by atoms with E-state index in [4.69, 9.17) is 14.6 Å². The Morgan fingerprint density at radius 1 is 0.828 bits per heavy atom. The minimum absolute atomic E-state index is 0.0246. The molecule has 0 amide bonds. The molecule has 5 saturated carbocycles. The maximum Gasteiger partial charge on any atom is 0.318 e. The van der Waals surface area contributed by atoms with Crippen molar-refractivity contribution in [2.75, 3.05) is 0 Å². The largest absolute Gasteiger partial charge is 0.481 e. The van der Waals surface area contributed by atoms with Gasteiger partial charge in [-0.15, -0.1) is 0 Å². The number of rotatable bonds is 21. The van der Waals surface area contributed by atoms with Crippen molar-refractivity contribution in [2.24, 2.45) is 81.3 Å². The molecule has 7 fully saturated rings. The summed E-state index contributed by atoms with van der Waals surface area (Å²) in [6.07, 6.45) is 21.5. The van der Waals surface area contributed by atoms with E-state index >= 15 is 0 Å². The van der Waals surface area contributed by atoms with Crippen LogP contribution in [0.1, 0.15) is 169 Å². The fraction of sp³-hybridized carbons (Fsp3) is 0.833. The van der Waals surface area contributed by atoms with Crippen LogP contribution in [0.25, 0.3) is 0 Å². The molecular weight excluding hydrogens is 737 g/mol. The van der Waals surface area contributed by atoms with Gasteiger partial charge in [-0.3, -0.25) is 28.8 Å². The van der Waals surface area contributed by atoms with Gasteiger partial charge in [0.1, 0.15) is 0 Å². The molecule has 0 aromatic carbocycles. The molecule has 324 valence electrons. The van der Waals surface area contributed by atoms with Crippen molar-refractivity contribution < 1.29 is 48.5 Å². The minimum atomic E-state index is -0.846. The molecule has 1 spiro atoms. The Morgan fingerprint density at radius 2 is 1.53 bits per heavy atom. The van der Waals surface area contributed by atoms with Crippen molar-refractivity contribution in [1.82, 2.24) is 0 Å². The van der Waals surface area contributed by atoms with Crippen LogP contribution in [-0.2, 0) is 38.2 Å². The lowest BCUT2D eigenvalue weighted by atomic mass is 9.28. The van der Waals surface area contributed by atoms with Gasteiger partial charge in [0.25, 0.3) is 0 Å². The zero-order valence-corrected chi connectivity index (χ0v) is 36.0. The molecule has 10 heteroatoms. The molecule has 7 rings (SSSR count). The molecule has 13 unspecified atom stereocenters. The van der Waals surface area contributed by atoms with E-state index in [9.17, 15) is 33.9 Å². The van der Waals surface area contributed by atoms with Crippen LogP contribution in [0.2, 0.25) is 0 Å². The van der Waals surface area contributed by atoms with Crippen LogP contribution in [0.4, 0.5) is 0 Å². The standard InChI is InChI=1S/C48H72O10/c1-6-7-8-14-18-30(32-28-37(51)57-42(32)52)21-22-31(19-15-12-10-9-11-13-16-20-36(49)50)40-38(29(2)3)33-27-35-46(4)24-17-25-47(5,45(55)56)34(46)23-26-48(35,40)41-39(33)43(53)58-44(41)54/h14,18,29-35,38-41H,6-13,15-17,19-28H2,1-5H3,(H,49,50)(H,55,56)/b18-14+. The van der Waals surface area contributed by atoms with Gasteiger partial charge in [0.2, 0.25) is 0 Å². The maximum absolute atomic E-state index is 14.3. The highest BCUT2D eigenvalue weighted by Gasteiger charge is 2.78. The van der Waals surface area contributed by atoms with Crippen molar-refractivity contribution in [3.8, 4) is 0 Å². The average molecular weight is 809 g/mol. The van der Waals surface area contributed by atoms with E-state index in [2.05, 4.69) is 39.8 Å². The molecule has 10 nitrogen and oxygen atoms in total. The second-order valence-electron chi connectivity index (χ2n) is 20.4. The van der Waals surface area contributed by atoms with E-state index in [1.54, 1.807) is 0 Å². The zero-order valence-electron chi connectivity index (χ0n) is 36.0. The number of carbonyl (C=O) groups excluding carboxylic acids is 4. The van der Waals surface area contributed by atoms with Gasteiger partial charge in [-0.2, -0.15) is 0 Å². The SMILES string of the molecule is CCCC/C=C/C(CCC(CCCCCCCCCC(=O)O)C1C(C(C)C)C2CC3C4(C)CCCC(C)(C(=O)O)C4CCC13C1C(=O)OC(=O)C21)C1CC(=O)OC1=O. The molecule has 2 bridgehead atoms. The number of hydrogen-bond acceptors (Lipinski definition) is 8. The molecular formula is C48H72O10. The van der Waals surface area contributed by atoms with Crippen LogP contribution in [0.3, 0.4) is 0 Å². The third kappa shape index (κ3) is 8.21. The lowest BCUT2D eigenvalue weighted by molar-refractivity contribution is -0.271. The molecule has 58 heavy (non-hydrogen) atoms. The summed E-state index contributed by atoms with van der Waals surface area (Å²) in [5, 5.41) is 19.7. The number of allylic oxidation sites excluding steroid dienone is 2. The van der Waals surface area contributed by atoms with Gasteiger partial charge in [-0.25, -0.2) is 0 Å². The van der Waals surface area contributed by atoms with Crippen LogP contribution in [-0.4, -0.2) is 46.0 Å². The van der Waals surface area contributed by atoms with E-state index in [0.29, 0.717) is 32.1 Å². The van der Waals surface area contributed by atoms with E-state index < -0.39 is 52.5 Å². The number of unbranched alkanes of at least 4 members (excludes halogenated alkanes) is 8. The number of aliphatic carboxylic acids is 2. The third-order valence-corrected chi connectivity index (χ3v) is 17.1. The van der Waals surface area contributed by atoms with E-state index in [-0.39, 0.29) is 77.5 Å². The fourth-order valence-electron chi connectivity index (χ4n) is 14.8. The van der Waals surface area contributed by atoms with Crippen LogP contribution in [0, 0.1) is 81.3 Å². The first-order chi connectivity index (χ1) is 27.6. The number of hydrogen-bond donors (Lipinski definition) is 2. The molecule has 0 aromatic rings. The molecule has 0 radical (unpaired) electrons. The van der Waals surface area contributed by atoms with E-state index in [0.717, 1.165) is 89.9 Å². The smallest absolute Gasteiger partial charge is 0.318 e. The first kappa shape index (κ1) is 44.5. The molecule has 0 aromatic heterocycles. The summed E-state index contributed by atoms with van der Waals surface area (Å²) in [4.78, 5) is 77.6. The first-order valence-electron chi connectivity index (χ1n) is 23.2. The summed E-state index contributed by atoms with van der Waals surface area (Å²) in [6.45, 7) is 11.0. The first-order valence-corrected chi connectivity index (χ1v) is 23.2. The molecule has 5 aliphatic carbocycles. The fourth-order valence-corrected chi connectivity index (χ4v) is 14.8. The Hall–Kier alpha value is -3.04. The summed E-state index contributed by atoms with van der Waals surface area (Å²) in [6, 6.07) is 0. The highest BCUT2D eigenvalue weighted by atomic mass is 16.6. The lowest BCUT2D eigenvalue weighted by Crippen LogP contribution is -2.71. The van der Waals surface area contributed by atoms with Crippen molar-refractivity contribution in [3.05, 3.63) is 12.2 Å². The number of esters is 4. The van der Waals surface area contributed by atoms with Crippen LogP contribution >= 0.6 is 0 Å². The summed E-state index contributed by atoms with van der Waals surface area (Å²) in [5.74, 6) is -4.01. The molecule has 2 N–H and O–H groups in total. The zero-order chi connectivity index (χ0) is 42.0. The summed E-state index contributed by atoms with van der Waals surface area (Å²) in [5.41, 5.74) is -1.66. The highest BCUT2D eigenvalue weighted by Crippen LogP contribution is 2.79. The highest BCUT2D eigenvalue weighted by molar-refractivity contribution is 5.98. The summed E-state index contributed by atoms with van der Waals surface area (Å²) < 4.78 is 10.8.